The van der Waals surface area contributed by atoms with Crippen LogP contribution in [0.4, 0.5) is 0 Å². The third kappa shape index (κ3) is 20.0. The molecule has 0 heterocycles. The number of nitrogens with zero attached hydrogens (tertiary/aromatic N) is 1. The third-order valence-corrected chi connectivity index (χ3v) is 5.29. The molecule has 0 amide bonds. The van der Waals surface area contributed by atoms with E-state index < -0.39 is 0 Å². The summed E-state index contributed by atoms with van der Waals surface area (Å²) in [4.78, 5) is 2.56. The first-order valence-electron chi connectivity index (χ1n) is 11.5. The fourth-order valence-electron chi connectivity index (χ4n) is 3.50. The fourth-order valence-corrected chi connectivity index (χ4v) is 3.50. The van der Waals surface area contributed by atoms with Crippen LogP contribution in [0.15, 0.2) is 0 Å². The third-order valence-electron chi connectivity index (χ3n) is 5.29. The molecule has 0 bridgehead atoms. The quantitative estimate of drug-likeness (QED) is 0.203. The first-order chi connectivity index (χ1) is 11.8. The van der Waals surface area contributed by atoms with Gasteiger partial charge in [-0.2, -0.15) is 0 Å². The Balaban J connectivity index is 3.12. The van der Waals surface area contributed by atoms with Crippen LogP contribution in [0.5, 0.6) is 0 Å². The summed E-state index contributed by atoms with van der Waals surface area (Å²) in [5.74, 6) is 0. The molecular formula is C23H49N. The zero-order valence-corrected chi connectivity index (χ0v) is 17.6. The molecule has 0 aliphatic rings. The van der Waals surface area contributed by atoms with E-state index in [0.717, 1.165) is 0 Å². The first kappa shape index (κ1) is 24.0. The molecule has 0 N–H and O–H groups in total. The summed E-state index contributed by atoms with van der Waals surface area (Å²) in [6.45, 7) is 7.22. The van der Waals surface area contributed by atoms with E-state index in [1.54, 1.807) is 0 Å². The summed E-state index contributed by atoms with van der Waals surface area (Å²) < 4.78 is 0. The van der Waals surface area contributed by atoms with Gasteiger partial charge in [0, 0.05) is 0 Å². The number of hydrogen-bond donors (Lipinski definition) is 0. The average Bonchev–Trinajstić information content (AvgIpc) is 2.59. The lowest BCUT2D eigenvalue weighted by Gasteiger charge is -2.16. The van der Waals surface area contributed by atoms with Crippen molar-refractivity contribution in [2.45, 2.75) is 129 Å². The summed E-state index contributed by atoms with van der Waals surface area (Å²) in [5, 5.41) is 0. The van der Waals surface area contributed by atoms with Crippen LogP contribution >= 0.6 is 0 Å². The van der Waals surface area contributed by atoms with Crippen molar-refractivity contribution in [3.8, 4) is 0 Å². The maximum atomic E-state index is 2.56. The highest BCUT2D eigenvalue weighted by Crippen LogP contribution is 2.11. The lowest BCUT2D eigenvalue weighted by molar-refractivity contribution is 0.314. The summed E-state index contributed by atoms with van der Waals surface area (Å²) >= 11 is 0. The van der Waals surface area contributed by atoms with Crippen molar-refractivity contribution in [2.24, 2.45) is 0 Å². The maximum absolute atomic E-state index is 2.56. The summed E-state index contributed by atoms with van der Waals surface area (Å²) in [6, 6.07) is 0. The SMILES string of the molecule is CCCCCCCCCCCN(C)CCCCCCCCCCC. The van der Waals surface area contributed by atoms with Gasteiger partial charge >= 0.3 is 0 Å². The van der Waals surface area contributed by atoms with Gasteiger partial charge < -0.3 is 4.90 Å². The van der Waals surface area contributed by atoms with Crippen molar-refractivity contribution < 1.29 is 0 Å². The largest absolute Gasteiger partial charge is 0.306 e. The second kappa shape index (κ2) is 21.0. The van der Waals surface area contributed by atoms with Gasteiger partial charge in [-0.15, -0.1) is 0 Å². The lowest BCUT2D eigenvalue weighted by Crippen LogP contribution is -2.20. The standard InChI is InChI=1S/C23H49N/c1-4-6-8-10-12-14-16-18-20-22-24(3)23-21-19-17-15-13-11-9-7-5-2/h4-23H2,1-3H3. The molecule has 0 saturated carbocycles. The van der Waals surface area contributed by atoms with Crippen molar-refractivity contribution in [1.82, 2.24) is 4.90 Å². The van der Waals surface area contributed by atoms with Crippen LogP contribution in [-0.4, -0.2) is 25.0 Å². The molecule has 1 heteroatoms. The molecule has 0 radical (unpaired) electrons. The maximum Gasteiger partial charge on any atom is -0.00218 e. The molecule has 0 fully saturated rings. The Morgan fingerprint density at radius 2 is 0.625 bits per heavy atom. The average molecular weight is 340 g/mol. The summed E-state index contributed by atoms with van der Waals surface area (Å²) in [7, 11) is 2.31. The molecule has 0 saturated heterocycles. The van der Waals surface area contributed by atoms with Gasteiger partial charge in [-0.3, -0.25) is 0 Å². The molecule has 1 nitrogen and oxygen atoms in total. The zero-order chi connectivity index (χ0) is 17.7. The van der Waals surface area contributed by atoms with Crippen LogP contribution in [0.25, 0.3) is 0 Å². The highest BCUT2D eigenvalue weighted by molar-refractivity contribution is 4.55. The van der Waals surface area contributed by atoms with Gasteiger partial charge in [0.15, 0.2) is 0 Å². The van der Waals surface area contributed by atoms with Crippen LogP contribution in [-0.2, 0) is 0 Å². The Labute approximate surface area is 155 Å². The van der Waals surface area contributed by atoms with E-state index in [1.807, 2.05) is 0 Å². The topological polar surface area (TPSA) is 3.24 Å². The lowest BCUT2D eigenvalue weighted by atomic mass is 10.1. The second-order valence-electron chi connectivity index (χ2n) is 7.96. The molecule has 0 spiro atoms. The van der Waals surface area contributed by atoms with Gasteiger partial charge in [0.1, 0.15) is 0 Å². The minimum absolute atomic E-state index is 1.31. The molecular weight excluding hydrogens is 290 g/mol. The van der Waals surface area contributed by atoms with Crippen LogP contribution < -0.4 is 0 Å². The van der Waals surface area contributed by atoms with Crippen molar-refractivity contribution in [1.29, 1.82) is 0 Å². The molecule has 0 aromatic rings. The van der Waals surface area contributed by atoms with Gasteiger partial charge in [-0.1, -0.05) is 117 Å². The van der Waals surface area contributed by atoms with E-state index in [4.69, 9.17) is 0 Å². The van der Waals surface area contributed by atoms with Crippen LogP contribution in [0, 0.1) is 0 Å². The smallest absolute Gasteiger partial charge is 0.00218 e. The van der Waals surface area contributed by atoms with Crippen LogP contribution in [0.2, 0.25) is 0 Å². The van der Waals surface area contributed by atoms with Gasteiger partial charge in [0.2, 0.25) is 0 Å². The molecule has 0 aromatic carbocycles. The number of rotatable bonds is 20. The predicted molar refractivity (Wildman–Crippen MR) is 112 cm³/mol. The molecule has 0 aliphatic heterocycles. The van der Waals surface area contributed by atoms with Crippen molar-refractivity contribution in [3.05, 3.63) is 0 Å². The summed E-state index contributed by atoms with van der Waals surface area (Å²) in [6.07, 6.45) is 25.9. The van der Waals surface area contributed by atoms with E-state index in [2.05, 4.69) is 25.8 Å². The van der Waals surface area contributed by atoms with Gasteiger partial charge in [-0.25, -0.2) is 0 Å². The highest BCUT2D eigenvalue weighted by Gasteiger charge is 1.99. The molecule has 0 unspecified atom stereocenters. The Morgan fingerprint density at radius 1 is 0.375 bits per heavy atom. The van der Waals surface area contributed by atoms with E-state index in [0.29, 0.717) is 0 Å². The monoisotopic (exact) mass is 339 g/mol. The van der Waals surface area contributed by atoms with Crippen molar-refractivity contribution in [3.63, 3.8) is 0 Å². The number of unbranched alkanes of at least 4 members (excludes halogenated alkanes) is 16. The van der Waals surface area contributed by atoms with E-state index in [1.165, 1.54) is 129 Å². The Hall–Kier alpha value is -0.0400. The van der Waals surface area contributed by atoms with Crippen LogP contribution in [0.3, 0.4) is 0 Å². The highest BCUT2D eigenvalue weighted by atomic mass is 15.1. The van der Waals surface area contributed by atoms with Gasteiger partial charge in [0.05, 0.1) is 0 Å². The fraction of sp³-hybridized carbons (Fsp3) is 1.00. The minimum atomic E-state index is 1.31. The Bertz CT molecular complexity index is 192. The molecule has 0 aromatic heterocycles. The predicted octanol–water partition coefficient (Wildman–Crippen LogP) is 7.98. The van der Waals surface area contributed by atoms with Gasteiger partial charge in [-0.05, 0) is 33.0 Å². The molecule has 24 heavy (non-hydrogen) atoms. The Morgan fingerprint density at radius 3 is 0.917 bits per heavy atom. The van der Waals surface area contributed by atoms with Crippen molar-refractivity contribution >= 4 is 0 Å². The Kier molecular flexibility index (Phi) is 21.0. The normalized spacial score (nSPS) is 11.5. The van der Waals surface area contributed by atoms with E-state index in [-0.39, 0.29) is 0 Å². The summed E-state index contributed by atoms with van der Waals surface area (Å²) in [5.41, 5.74) is 0. The van der Waals surface area contributed by atoms with Crippen LogP contribution in [0.1, 0.15) is 129 Å². The molecule has 0 aliphatic carbocycles. The molecule has 0 rings (SSSR count). The number of hydrogen-bond acceptors (Lipinski definition) is 1. The van der Waals surface area contributed by atoms with Crippen molar-refractivity contribution in [2.75, 3.05) is 20.1 Å². The van der Waals surface area contributed by atoms with E-state index >= 15 is 0 Å². The van der Waals surface area contributed by atoms with E-state index in [9.17, 15) is 0 Å². The molecule has 146 valence electrons. The van der Waals surface area contributed by atoms with Gasteiger partial charge in [0.25, 0.3) is 0 Å². The first-order valence-corrected chi connectivity index (χ1v) is 11.5. The second-order valence-corrected chi connectivity index (χ2v) is 7.96. The molecule has 0 atom stereocenters. The minimum Gasteiger partial charge on any atom is -0.306 e. The zero-order valence-electron chi connectivity index (χ0n) is 17.6.